The maximum atomic E-state index is 14.0. The van der Waals surface area contributed by atoms with Crippen LogP contribution in [0.2, 0.25) is 0 Å². The Kier molecular flexibility index (Phi) is 5.34. The molecule has 1 aliphatic carbocycles. The Morgan fingerprint density at radius 2 is 1.45 bits per heavy atom. The highest BCUT2D eigenvalue weighted by molar-refractivity contribution is 6.22. The minimum atomic E-state index is -0.810. The number of imide groups is 1. The van der Waals surface area contributed by atoms with E-state index < -0.39 is 6.04 Å². The van der Waals surface area contributed by atoms with Crippen molar-refractivity contribution in [2.45, 2.75) is 57.0 Å². The van der Waals surface area contributed by atoms with Crippen LogP contribution in [0.25, 0.3) is 0 Å². The van der Waals surface area contributed by atoms with Crippen LogP contribution in [-0.4, -0.2) is 46.1 Å². The first kappa shape index (κ1) is 20.0. The third-order valence-corrected chi connectivity index (χ3v) is 7.22. The van der Waals surface area contributed by atoms with Crippen LogP contribution in [0.1, 0.15) is 64.8 Å². The lowest BCUT2D eigenvalue weighted by Crippen LogP contribution is -2.58. The minimum absolute atomic E-state index is 0.0741. The van der Waals surface area contributed by atoms with Gasteiger partial charge in [-0.2, -0.15) is 0 Å². The number of amides is 3. The summed E-state index contributed by atoms with van der Waals surface area (Å²) in [5, 5.41) is 0. The van der Waals surface area contributed by atoms with Gasteiger partial charge >= 0.3 is 0 Å². The predicted octanol–water partition coefficient (Wildman–Crippen LogP) is 4.08. The molecule has 5 heteroatoms. The molecule has 0 spiro atoms. The molecule has 2 fully saturated rings. The fraction of sp³-hybridized carbons (Fsp3) is 0.423. The molecule has 0 bridgehead atoms. The standard InChI is InChI=1S/C26H28N2O3/c29-24-20-13-5-6-14-21(20)25(30)28(24)23(17-18-9-2-1-3-10-18)26(31)27-16-8-12-19-11-4-7-15-22(19)27/h1-3,5-6,9-10,13-14,19,22-23H,4,7-8,11-12,15-17H2/t19-,22-,23-/m1/s1. The summed E-state index contributed by atoms with van der Waals surface area (Å²) in [6, 6.07) is 16.0. The first-order valence-corrected chi connectivity index (χ1v) is 11.5. The Balaban J connectivity index is 1.50. The average Bonchev–Trinajstić information content (AvgIpc) is 3.07. The molecule has 0 unspecified atom stereocenters. The third-order valence-electron chi connectivity index (χ3n) is 7.22. The molecule has 160 valence electrons. The second-order valence-electron chi connectivity index (χ2n) is 9.02. The van der Waals surface area contributed by atoms with Gasteiger partial charge in [-0.1, -0.05) is 55.3 Å². The van der Waals surface area contributed by atoms with Crippen LogP contribution < -0.4 is 0 Å². The van der Waals surface area contributed by atoms with Crippen molar-refractivity contribution in [3.05, 3.63) is 71.3 Å². The molecule has 1 saturated carbocycles. The van der Waals surface area contributed by atoms with Crippen LogP contribution >= 0.6 is 0 Å². The van der Waals surface area contributed by atoms with Gasteiger partial charge in [-0.25, -0.2) is 0 Å². The second kappa shape index (κ2) is 8.29. The van der Waals surface area contributed by atoms with Crippen molar-refractivity contribution in [2.75, 3.05) is 6.54 Å². The minimum Gasteiger partial charge on any atom is -0.338 e. The molecule has 5 nitrogen and oxygen atoms in total. The molecule has 5 rings (SSSR count). The molecule has 3 aliphatic rings. The molecule has 2 aromatic rings. The van der Waals surface area contributed by atoms with Crippen molar-refractivity contribution in [1.29, 1.82) is 0 Å². The van der Waals surface area contributed by atoms with Crippen LogP contribution in [0.4, 0.5) is 0 Å². The van der Waals surface area contributed by atoms with Crippen LogP contribution in [0.5, 0.6) is 0 Å². The van der Waals surface area contributed by atoms with E-state index in [1.807, 2.05) is 35.2 Å². The van der Waals surface area contributed by atoms with Gasteiger partial charge in [0.25, 0.3) is 11.8 Å². The SMILES string of the molecule is O=C([C@@H](Cc1ccccc1)N1C(=O)c2ccccc2C1=O)N1CCC[C@H]2CCCC[C@H]21. The van der Waals surface area contributed by atoms with E-state index in [-0.39, 0.29) is 23.8 Å². The van der Waals surface area contributed by atoms with E-state index >= 15 is 0 Å². The number of piperidine rings is 1. The number of benzene rings is 2. The van der Waals surface area contributed by atoms with Gasteiger partial charge in [0.15, 0.2) is 0 Å². The second-order valence-corrected chi connectivity index (χ2v) is 9.02. The molecular formula is C26H28N2O3. The van der Waals surface area contributed by atoms with Crippen molar-refractivity contribution in [3.8, 4) is 0 Å². The quantitative estimate of drug-likeness (QED) is 0.706. The first-order valence-electron chi connectivity index (χ1n) is 11.5. The van der Waals surface area contributed by atoms with Crippen molar-refractivity contribution in [1.82, 2.24) is 9.80 Å². The molecule has 2 aromatic carbocycles. The smallest absolute Gasteiger partial charge is 0.262 e. The number of carbonyl (C=O) groups is 3. The van der Waals surface area contributed by atoms with Crippen LogP contribution in [0, 0.1) is 5.92 Å². The highest BCUT2D eigenvalue weighted by atomic mass is 16.2. The van der Waals surface area contributed by atoms with E-state index in [1.54, 1.807) is 24.3 Å². The number of fused-ring (bicyclic) bond motifs is 2. The Labute approximate surface area is 183 Å². The predicted molar refractivity (Wildman–Crippen MR) is 118 cm³/mol. The molecule has 3 atom stereocenters. The van der Waals surface area contributed by atoms with Gasteiger partial charge in [0.2, 0.25) is 5.91 Å². The molecular weight excluding hydrogens is 388 g/mol. The summed E-state index contributed by atoms with van der Waals surface area (Å²) in [5.41, 5.74) is 1.75. The number of likely N-dealkylation sites (tertiary alicyclic amines) is 1. The Morgan fingerprint density at radius 3 is 2.16 bits per heavy atom. The topological polar surface area (TPSA) is 57.7 Å². The van der Waals surface area contributed by atoms with E-state index in [9.17, 15) is 14.4 Å². The van der Waals surface area contributed by atoms with Crippen molar-refractivity contribution >= 4 is 17.7 Å². The summed E-state index contributed by atoms with van der Waals surface area (Å²) in [4.78, 5) is 43.7. The lowest BCUT2D eigenvalue weighted by Gasteiger charge is -2.45. The summed E-state index contributed by atoms with van der Waals surface area (Å²) in [7, 11) is 0. The maximum absolute atomic E-state index is 14.0. The summed E-state index contributed by atoms with van der Waals surface area (Å²) < 4.78 is 0. The molecule has 31 heavy (non-hydrogen) atoms. The Morgan fingerprint density at radius 1 is 0.839 bits per heavy atom. The lowest BCUT2D eigenvalue weighted by molar-refractivity contribution is -0.141. The summed E-state index contributed by atoms with van der Waals surface area (Å²) in [5.74, 6) is -0.236. The van der Waals surface area contributed by atoms with E-state index in [4.69, 9.17) is 0 Å². The largest absolute Gasteiger partial charge is 0.338 e. The lowest BCUT2D eigenvalue weighted by atomic mass is 9.78. The van der Waals surface area contributed by atoms with Crippen molar-refractivity contribution in [2.24, 2.45) is 5.92 Å². The zero-order valence-electron chi connectivity index (χ0n) is 17.7. The first-order chi connectivity index (χ1) is 15.1. The van der Waals surface area contributed by atoms with Crippen molar-refractivity contribution < 1.29 is 14.4 Å². The molecule has 2 aliphatic heterocycles. The molecule has 0 aromatic heterocycles. The molecule has 0 N–H and O–H groups in total. The van der Waals surface area contributed by atoms with E-state index in [1.165, 1.54) is 24.2 Å². The summed E-state index contributed by atoms with van der Waals surface area (Å²) >= 11 is 0. The van der Waals surface area contributed by atoms with Crippen LogP contribution in [-0.2, 0) is 11.2 Å². The van der Waals surface area contributed by atoms with E-state index in [2.05, 4.69) is 0 Å². The number of nitrogens with zero attached hydrogens (tertiary/aromatic N) is 2. The Bertz CT molecular complexity index is 966. The Hall–Kier alpha value is -2.95. The van der Waals surface area contributed by atoms with Gasteiger partial charge in [0.1, 0.15) is 6.04 Å². The summed E-state index contributed by atoms with van der Waals surface area (Å²) in [6.07, 6.45) is 7.08. The van der Waals surface area contributed by atoms with Crippen LogP contribution in [0.3, 0.4) is 0 Å². The molecule has 3 amide bonds. The third kappa shape index (κ3) is 3.56. The average molecular weight is 417 g/mol. The van der Waals surface area contributed by atoms with E-state index in [0.29, 0.717) is 30.0 Å². The summed E-state index contributed by atoms with van der Waals surface area (Å²) in [6.45, 7) is 0.717. The normalized spacial score (nSPS) is 24.0. The van der Waals surface area contributed by atoms with E-state index in [0.717, 1.165) is 24.8 Å². The zero-order valence-corrected chi connectivity index (χ0v) is 17.7. The molecule has 1 saturated heterocycles. The number of carbonyl (C=O) groups excluding carboxylic acids is 3. The van der Waals surface area contributed by atoms with Gasteiger partial charge in [0.05, 0.1) is 11.1 Å². The molecule has 2 heterocycles. The van der Waals surface area contributed by atoms with Gasteiger partial charge in [0, 0.05) is 19.0 Å². The zero-order chi connectivity index (χ0) is 21.4. The fourth-order valence-electron chi connectivity index (χ4n) is 5.71. The van der Waals surface area contributed by atoms with Gasteiger partial charge in [-0.05, 0) is 49.3 Å². The van der Waals surface area contributed by atoms with Crippen molar-refractivity contribution in [3.63, 3.8) is 0 Å². The molecule has 0 radical (unpaired) electrons. The fourth-order valence-corrected chi connectivity index (χ4v) is 5.71. The number of hydrogen-bond acceptors (Lipinski definition) is 3. The van der Waals surface area contributed by atoms with Crippen LogP contribution in [0.15, 0.2) is 54.6 Å². The highest BCUT2D eigenvalue weighted by Crippen LogP contribution is 2.36. The highest BCUT2D eigenvalue weighted by Gasteiger charge is 2.46. The maximum Gasteiger partial charge on any atom is 0.262 e. The van der Waals surface area contributed by atoms with Gasteiger partial charge < -0.3 is 4.90 Å². The number of hydrogen-bond donors (Lipinski definition) is 0. The number of rotatable bonds is 4. The monoisotopic (exact) mass is 416 g/mol. The van der Waals surface area contributed by atoms with Gasteiger partial charge in [-0.3, -0.25) is 19.3 Å². The van der Waals surface area contributed by atoms with Gasteiger partial charge in [-0.15, -0.1) is 0 Å².